The molecular weight excluding hydrogens is 384 g/mol. The van der Waals surface area contributed by atoms with E-state index in [1.807, 2.05) is 39.0 Å². The zero-order chi connectivity index (χ0) is 21.9. The maximum atomic E-state index is 10.1. The van der Waals surface area contributed by atoms with Crippen LogP contribution in [0.5, 0.6) is 17.2 Å². The van der Waals surface area contributed by atoms with Crippen molar-refractivity contribution >= 4 is 0 Å². The Bertz CT molecular complexity index is 1110. The van der Waals surface area contributed by atoms with E-state index in [1.165, 1.54) is 23.1 Å². The van der Waals surface area contributed by atoms with Gasteiger partial charge in [-0.15, -0.1) is 0 Å². The molecule has 160 valence electrons. The summed E-state index contributed by atoms with van der Waals surface area (Å²) in [6.45, 7) is 5.89. The number of aryl methyl sites for hydroxylation is 3. The predicted octanol–water partition coefficient (Wildman–Crippen LogP) is 6.23. The van der Waals surface area contributed by atoms with Gasteiger partial charge in [0.15, 0.2) is 0 Å². The molecule has 0 radical (unpaired) electrons. The number of phenols is 3. The first-order valence-electron chi connectivity index (χ1n) is 11.2. The molecule has 2 fully saturated rings. The monoisotopic (exact) mass is 414 g/mol. The van der Waals surface area contributed by atoms with Crippen molar-refractivity contribution in [3.05, 3.63) is 88.0 Å². The van der Waals surface area contributed by atoms with Gasteiger partial charge in [0, 0.05) is 5.41 Å². The summed E-state index contributed by atoms with van der Waals surface area (Å²) in [4.78, 5) is 0. The van der Waals surface area contributed by atoms with E-state index in [2.05, 4.69) is 36.4 Å². The molecule has 3 nitrogen and oxygen atoms in total. The van der Waals surface area contributed by atoms with Crippen molar-refractivity contribution in [1.29, 1.82) is 0 Å². The summed E-state index contributed by atoms with van der Waals surface area (Å²) in [5.74, 6) is 2.60. The predicted molar refractivity (Wildman–Crippen MR) is 123 cm³/mol. The maximum Gasteiger partial charge on any atom is 0.118 e. The first-order valence-corrected chi connectivity index (χ1v) is 11.2. The van der Waals surface area contributed by atoms with E-state index in [9.17, 15) is 15.3 Å². The Morgan fingerprint density at radius 1 is 0.677 bits per heavy atom. The molecule has 0 saturated heterocycles. The molecule has 0 heterocycles. The van der Waals surface area contributed by atoms with Crippen molar-refractivity contribution in [3.8, 4) is 17.2 Å². The molecular formula is C28H30O3. The van der Waals surface area contributed by atoms with Crippen LogP contribution >= 0.6 is 0 Å². The van der Waals surface area contributed by atoms with E-state index >= 15 is 0 Å². The van der Waals surface area contributed by atoms with Gasteiger partial charge in [-0.1, -0.05) is 36.4 Å². The number of rotatable bonds is 3. The molecule has 3 aromatic rings. The average Bonchev–Trinajstić information content (AvgIpc) is 3.33. The third-order valence-corrected chi connectivity index (χ3v) is 8.05. The van der Waals surface area contributed by atoms with E-state index in [0.717, 1.165) is 29.5 Å². The van der Waals surface area contributed by atoms with Crippen LogP contribution in [0.2, 0.25) is 0 Å². The summed E-state index contributed by atoms with van der Waals surface area (Å²) in [6, 6.07) is 18.2. The lowest BCUT2D eigenvalue weighted by atomic mass is 9.61. The fourth-order valence-corrected chi connectivity index (χ4v) is 6.39. The Labute approximate surface area is 184 Å². The van der Waals surface area contributed by atoms with Gasteiger partial charge in [0.2, 0.25) is 0 Å². The van der Waals surface area contributed by atoms with Crippen molar-refractivity contribution in [1.82, 2.24) is 0 Å². The highest BCUT2D eigenvalue weighted by Crippen LogP contribution is 2.64. The molecule has 3 heteroatoms. The van der Waals surface area contributed by atoms with Crippen LogP contribution < -0.4 is 0 Å². The number of benzene rings is 3. The second-order valence-electron chi connectivity index (χ2n) is 9.76. The lowest BCUT2D eigenvalue weighted by Crippen LogP contribution is -2.36. The van der Waals surface area contributed by atoms with Crippen LogP contribution in [0.1, 0.15) is 58.6 Å². The van der Waals surface area contributed by atoms with Crippen molar-refractivity contribution in [2.75, 3.05) is 0 Å². The van der Waals surface area contributed by atoms with Crippen molar-refractivity contribution in [2.24, 2.45) is 11.8 Å². The highest BCUT2D eigenvalue weighted by atomic mass is 16.3. The van der Waals surface area contributed by atoms with Gasteiger partial charge in [-0.05, 0) is 109 Å². The van der Waals surface area contributed by atoms with Gasteiger partial charge in [-0.25, -0.2) is 0 Å². The molecule has 2 unspecified atom stereocenters. The summed E-state index contributed by atoms with van der Waals surface area (Å²) in [5, 5.41) is 30.2. The van der Waals surface area contributed by atoms with Gasteiger partial charge in [0.25, 0.3) is 0 Å². The number of hydrogen-bond acceptors (Lipinski definition) is 3. The van der Waals surface area contributed by atoms with Gasteiger partial charge >= 0.3 is 0 Å². The van der Waals surface area contributed by atoms with Crippen LogP contribution in [0.4, 0.5) is 0 Å². The van der Waals surface area contributed by atoms with Crippen LogP contribution in [0.3, 0.4) is 0 Å². The average molecular weight is 415 g/mol. The third-order valence-electron chi connectivity index (χ3n) is 8.05. The summed E-state index contributed by atoms with van der Waals surface area (Å²) in [5.41, 5.74) is 6.50. The second-order valence-corrected chi connectivity index (χ2v) is 9.76. The summed E-state index contributed by atoms with van der Waals surface area (Å²) in [7, 11) is 0. The fourth-order valence-electron chi connectivity index (χ4n) is 6.39. The van der Waals surface area contributed by atoms with Crippen molar-refractivity contribution in [3.63, 3.8) is 0 Å². The Hall–Kier alpha value is -2.94. The maximum absolute atomic E-state index is 10.1. The molecule has 0 spiro atoms. The smallest absolute Gasteiger partial charge is 0.118 e. The van der Waals surface area contributed by atoms with Crippen molar-refractivity contribution in [2.45, 2.75) is 51.4 Å². The molecule has 2 aliphatic carbocycles. The molecule has 0 amide bonds. The molecule has 3 aromatic carbocycles. The molecule has 0 aromatic heterocycles. The summed E-state index contributed by atoms with van der Waals surface area (Å²) in [6.07, 6.45) is 3.33. The van der Waals surface area contributed by atoms with Crippen LogP contribution in [-0.2, 0) is 5.41 Å². The largest absolute Gasteiger partial charge is 0.508 e. The zero-order valence-electron chi connectivity index (χ0n) is 18.4. The highest BCUT2D eigenvalue weighted by Gasteiger charge is 2.56. The third kappa shape index (κ3) is 3.02. The van der Waals surface area contributed by atoms with Gasteiger partial charge in [-0.3, -0.25) is 0 Å². The van der Waals surface area contributed by atoms with E-state index < -0.39 is 0 Å². The van der Waals surface area contributed by atoms with Gasteiger partial charge in [-0.2, -0.15) is 0 Å². The van der Waals surface area contributed by atoms with Crippen LogP contribution in [0.15, 0.2) is 54.6 Å². The first kappa shape index (κ1) is 20.0. The molecule has 3 N–H and O–H groups in total. The highest BCUT2D eigenvalue weighted by molar-refractivity contribution is 5.51. The lowest BCUT2D eigenvalue weighted by molar-refractivity contribution is 0.293. The van der Waals surface area contributed by atoms with Gasteiger partial charge in [0.05, 0.1) is 0 Å². The lowest BCUT2D eigenvalue weighted by Gasteiger charge is -2.42. The molecule has 3 atom stereocenters. The number of hydrogen-bond donors (Lipinski definition) is 3. The van der Waals surface area contributed by atoms with Gasteiger partial charge < -0.3 is 15.3 Å². The second kappa shape index (κ2) is 7.05. The summed E-state index contributed by atoms with van der Waals surface area (Å²) >= 11 is 0. The SMILES string of the molecule is Cc1cc([C@H]2CC3CC2CC3(c2ccc(O)c(C)c2)c2ccc(O)c(C)c2)ccc1O. The summed E-state index contributed by atoms with van der Waals surface area (Å²) < 4.78 is 0. The molecule has 2 bridgehead atoms. The number of fused-ring (bicyclic) bond motifs is 2. The molecule has 5 rings (SSSR count). The number of aromatic hydroxyl groups is 3. The van der Waals surface area contributed by atoms with E-state index in [1.54, 1.807) is 0 Å². The Morgan fingerprint density at radius 3 is 1.65 bits per heavy atom. The minimum Gasteiger partial charge on any atom is -0.508 e. The minimum atomic E-state index is -0.107. The number of phenolic OH excluding ortho intramolecular Hbond substituents is 3. The minimum absolute atomic E-state index is 0.107. The van der Waals surface area contributed by atoms with Crippen LogP contribution in [0.25, 0.3) is 0 Å². The Kier molecular flexibility index (Phi) is 4.55. The van der Waals surface area contributed by atoms with E-state index in [0.29, 0.717) is 35.0 Å². The Balaban J connectivity index is 1.59. The first-order chi connectivity index (χ1) is 14.8. The van der Waals surface area contributed by atoms with E-state index in [4.69, 9.17) is 0 Å². The molecule has 0 aliphatic heterocycles. The normalized spacial score (nSPS) is 23.9. The molecule has 2 saturated carbocycles. The fraction of sp³-hybridized carbons (Fsp3) is 0.357. The van der Waals surface area contributed by atoms with Crippen molar-refractivity contribution < 1.29 is 15.3 Å². The quantitative estimate of drug-likeness (QED) is 0.476. The van der Waals surface area contributed by atoms with Crippen LogP contribution in [-0.4, -0.2) is 15.3 Å². The van der Waals surface area contributed by atoms with Gasteiger partial charge in [0.1, 0.15) is 17.2 Å². The topological polar surface area (TPSA) is 60.7 Å². The molecule has 2 aliphatic rings. The standard InChI is InChI=1S/C28H30O3/c1-16-10-19(4-7-25(16)29)24-14-23-13-20(24)15-28(23,21-5-8-26(30)17(2)11-21)22-6-9-27(31)18(3)12-22/h4-12,20,23-24,29-31H,13-15H2,1-3H3/t20?,23?,24-/m1/s1. The molecule has 31 heavy (non-hydrogen) atoms. The zero-order valence-corrected chi connectivity index (χ0v) is 18.4. The Morgan fingerprint density at radius 2 is 1.19 bits per heavy atom. The van der Waals surface area contributed by atoms with Crippen LogP contribution in [0, 0.1) is 32.6 Å². The van der Waals surface area contributed by atoms with E-state index in [-0.39, 0.29) is 5.41 Å².